The lowest BCUT2D eigenvalue weighted by Crippen LogP contribution is -2.41. The van der Waals surface area contributed by atoms with Gasteiger partial charge in [-0.2, -0.15) is 0 Å². The minimum absolute atomic E-state index is 0.158. The summed E-state index contributed by atoms with van der Waals surface area (Å²) in [4.78, 5) is 16.4. The van der Waals surface area contributed by atoms with E-state index in [4.69, 9.17) is 4.74 Å². The molecule has 1 aromatic heterocycles. The fourth-order valence-corrected chi connectivity index (χ4v) is 2.80. The van der Waals surface area contributed by atoms with Crippen LogP contribution in [0.2, 0.25) is 0 Å². The number of imidazole rings is 1. The Morgan fingerprint density at radius 3 is 2.73 bits per heavy atom. The second-order valence-corrected chi connectivity index (χ2v) is 6.62. The lowest BCUT2D eigenvalue weighted by Gasteiger charge is -2.21. The molecular formula is C17H21N3O2. The van der Waals surface area contributed by atoms with Crippen LogP contribution in [0.4, 0.5) is 4.79 Å². The van der Waals surface area contributed by atoms with Crippen molar-refractivity contribution in [2.24, 2.45) is 0 Å². The molecule has 1 N–H and O–H groups in total. The number of carbonyl (C=O) groups is 1. The SMILES string of the molecule is CC(C)(C)NC(=O)O[C@H]1C[C@H](c2ccccc2)n2ccnc21. The van der Waals surface area contributed by atoms with Crippen molar-refractivity contribution in [1.82, 2.24) is 14.9 Å². The molecule has 116 valence electrons. The fraction of sp³-hybridized carbons (Fsp3) is 0.412. The topological polar surface area (TPSA) is 56.1 Å². The molecule has 0 spiro atoms. The molecule has 0 aliphatic carbocycles. The molecule has 0 saturated heterocycles. The van der Waals surface area contributed by atoms with Gasteiger partial charge in [0, 0.05) is 24.4 Å². The maximum Gasteiger partial charge on any atom is 0.408 e. The minimum atomic E-state index is -0.402. The van der Waals surface area contributed by atoms with Gasteiger partial charge in [-0.15, -0.1) is 0 Å². The highest BCUT2D eigenvalue weighted by Gasteiger charge is 2.35. The van der Waals surface area contributed by atoms with E-state index in [2.05, 4.69) is 27.0 Å². The fourth-order valence-electron chi connectivity index (χ4n) is 2.80. The Morgan fingerprint density at radius 2 is 2.05 bits per heavy atom. The number of alkyl carbamates (subject to hydrolysis) is 1. The summed E-state index contributed by atoms with van der Waals surface area (Å²) in [5, 5.41) is 2.83. The van der Waals surface area contributed by atoms with Crippen LogP contribution in [0.5, 0.6) is 0 Å². The molecule has 22 heavy (non-hydrogen) atoms. The van der Waals surface area contributed by atoms with E-state index in [1.54, 1.807) is 6.20 Å². The Labute approximate surface area is 130 Å². The molecule has 5 heteroatoms. The third-order valence-electron chi connectivity index (χ3n) is 3.67. The summed E-state index contributed by atoms with van der Waals surface area (Å²) >= 11 is 0. The van der Waals surface area contributed by atoms with E-state index in [0.29, 0.717) is 6.42 Å². The lowest BCUT2D eigenvalue weighted by molar-refractivity contribution is 0.0884. The Hall–Kier alpha value is -2.30. The van der Waals surface area contributed by atoms with Gasteiger partial charge in [0.05, 0.1) is 6.04 Å². The van der Waals surface area contributed by atoms with Crippen LogP contribution < -0.4 is 5.32 Å². The number of carbonyl (C=O) groups excluding carboxylic acids is 1. The number of rotatable bonds is 2. The standard InChI is InChI=1S/C17H21N3O2/c1-17(2,3)19-16(21)22-14-11-13(12-7-5-4-6-8-12)20-10-9-18-15(14)20/h4-10,13-14H,11H2,1-3H3,(H,19,21)/t13-,14+/m1/s1. The van der Waals surface area contributed by atoms with Crippen molar-refractivity contribution < 1.29 is 9.53 Å². The predicted octanol–water partition coefficient (Wildman–Crippen LogP) is 3.44. The van der Waals surface area contributed by atoms with Crippen LogP contribution in [-0.2, 0) is 4.74 Å². The molecule has 1 amide bonds. The first kappa shape index (κ1) is 14.6. The molecule has 0 radical (unpaired) electrons. The maximum absolute atomic E-state index is 12.0. The molecule has 2 aromatic rings. The van der Waals surface area contributed by atoms with Gasteiger partial charge in [0.25, 0.3) is 0 Å². The highest BCUT2D eigenvalue weighted by Crippen LogP contribution is 2.39. The Kier molecular flexibility index (Phi) is 3.64. The monoisotopic (exact) mass is 299 g/mol. The summed E-state index contributed by atoms with van der Waals surface area (Å²) < 4.78 is 7.68. The summed E-state index contributed by atoms with van der Waals surface area (Å²) in [7, 11) is 0. The van der Waals surface area contributed by atoms with Gasteiger partial charge in [0.15, 0.2) is 11.9 Å². The quantitative estimate of drug-likeness (QED) is 0.924. The minimum Gasteiger partial charge on any atom is -0.438 e. The molecule has 1 aliphatic heterocycles. The van der Waals surface area contributed by atoms with Gasteiger partial charge in [0.2, 0.25) is 0 Å². The van der Waals surface area contributed by atoms with Crippen LogP contribution in [0.25, 0.3) is 0 Å². The molecule has 0 bridgehead atoms. The van der Waals surface area contributed by atoms with E-state index >= 15 is 0 Å². The zero-order valence-electron chi connectivity index (χ0n) is 13.1. The second-order valence-electron chi connectivity index (χ2n) is 6.62. The number of benzene rings is 1. The van der Waals surface area contributed by atoms with E-state index in [-0.39, 0.29) is 17.7 Å². The number of aromatic nitrogens is 2. The number of ether oxygens (including phenoxy) is 1. The van der Waals surface area contributed by atoms with Crippen molar-refractivity contribution in [2.45, 2.75) is 44.9 Å². The molecule has 0 unspecified atom stereocenters. The number of fused-ring (bicyclic) bond motifs is 1. The third-order valence-corrected chi connectivity index (χ3v) is 3.67. The van der Waals surface area contributed by atoms with E-state index in [9.17, 15) is 4.79 Å². The highest BCUT2D eigenvalue weighted by molar-refractivity contribution is 5.68. The molecule has 0 saturated carbocycles. The van der Waals surface area contributed by atoms with Gasteiger partial charge in [0.1, 0.15) is 0 Å². The van der Waals surface area contributed by atoms with E-state index in [1.165, 1.54) is 5.56 Å². The number of hydrogen-bond donors (Lipinski definition) is 1. The summed E-state index contributed by atoms with van der Waals surface area (Å²) in [5.74, 6) is 0.804. The number of nitrogens with zero attached hydrogens (tertiary/aromatic N) is 2. The Bertz CT molecular complexity index is 658. The first-order valence-corrected chi connectivity index (χ1v) is 7.50. The van der Waals surface area contributed by atoms with Crippen LogP contribution in [0.1, 0.15) is 50.7 Å². The number of amides is 1. The molecule has 1 aromatic carbocycles. The van der Waals surface area contributed by atoms with Crippen LogP contribution in [0.3, 0.4) is 0 Å². The van der Waals surface area contributed by atoms with Gasteiger partial charge in [-0.3, -0.25) is 0 Å². The van der Waals surface area contributed by atoms with Gasteiger partial charge in [-0.25, -0.2) is 9.78 Å². The second kappa shape index (κ2) is 5.48. The average Bonchev–Trinajstić information content (AvgIpc) is 3.01. The summed E-state index contributed by atoms with van der Waals surface area (Å²) in [6, 6.07) is 10.4. The molecule has 5 nitrogen and oxygen atoms in total. The molecule has 2 atom stereocenters. The van der Waals surface area contributed by atoms with Crippen molar-refractivity contribution in [3.8, 4) is 0 Å². The van der Waals surface area contributed by atoms with Crippen molar-refractivity contribution in [3.05, 3.63) is 54.1 Å². The van der Waals surface area contributed by atoms with Crippen molar-refractivity contribution in [2.75, 3.05) is 0 Å². The average molecular weight is 299 g/mol. The Balaban J connectivity index is 1.78. The maximum atomic E-state index is 12.0. The largest absolute Gasteiger partial charge is 0.438 e. The van der Waals surface area contributed by atoms with Crippen LogP contribution in [0, 0.1) is 0 Å². The van der Waals surface area contributed by atoms with Gasteiger partial charge >= 0.3 is 6.09 Å². The summed E-state index contributed by atoms with van der Waals surface area (Å²) in [6.45, 7) is 5.78. The third kappa shape index (κ3) is 2.98. The van der Waals surface area contributed by atoms with E-state index in [0.717, 1.165) is 5.82 Å². The van der Waals surface area contributed by atoms with Crippen LogP contribution >= 0.6 is 0 Å². The first-order chi connectivity index (χ1) is 10.4. The molecule has 2 heterocycles. The summed E-state index contributed by atoms with van der Waals surface area (Å²) in [6.07, 6.45) is 3.69. The Morgan fingerprint density at radius 1 is 1.32 bits per heavy atom. The zero-order valence-corrected chi connectivity index (χ0v) is 13.1. The van der Waals surface area contributed by atoms with Crippen LogP contribution in [-0.4, -0.2) is 21.2 Å². The van der Waals surface area contributed by atoms with E-state index < -0.39 is 6.09 Å². The van der Waals surface area contributed by atoms with Crippen molar-refractivity contribution in [1.29, 1.82) is 0 Å². The van der Waals surface area contributed by atoms with E-state index in [1.807, 2.05) is 45.2 Å². The smallest absolute Gasteiger partial charge is 0.408 e. The first-order valence-electron chi connectivity index (χ1n) is 7.50. The summed E-state index contributed by atoms with van der Waals surface area (Å²) in [5.41, 5.74) is 0.883. The molecule has 3 rings (SSSR count). The lowest BCUT2D eigenvalue weighted by atomic mass is 10.0. The predicted molar refractivity (Wildman–Crippen MR) is 83.5 cm³/mol. The molecular weight excluding hydrogens is 278 g/mol. The van der Waals surface area contributed by atoms with Crippen molar-refractivity contribution in [3.63, 3.8) is 0 Å². The normalized spacial score (nSPS) is 20.5. The van der Waals surface area contributed by atoms with Crippen molar-refractivity contribution >= 4 is 6.09 Å². The molecule has 1 aliphatic rings. The van der Waals surface area contributed by atoms with Gasteiger partial charge in [-0.1, -0.05) is 30.3 Å². The van der Waals surface area contributed by atoms with Crippen LogP contribution in [0.15, 0.2) is 42.7 Å². The zero-order chi connectivity index (χ0) is 15.7. The van der Waals surface area contributed by atoms with Gasteiger partial charge < -0.3 is 14.6 Å². The number of hydrogen-bond acceptors (Lipinski definition) is 3. The molecule has 0 fully saturated rings. The number of nitrogens with one attached hydrogen (secondary N) is 1. The van der Waals surface area contributed by atoms with Gasteiger partial charge in [-0.05, 0) is 26.3 Å². The highest BCUT2D eigenvalue weighted by atomic mass is 16.6.